The van der Waals surface area contributed by atoms with Crippen molar-refractivity contribution in [3.63, 3.8) is 0 Å². The lowest BCUT2D eigenvalue weighted by atomic mass is 10.1. The van der Waals surface area contributed by atoms with Crippen LogP contribution in [0, 0.1) is 0 Å². The summed E-state index contributed by atoms with van der Waals surface area (Å²) >= 11 is 5.99. The van der Waals surface area contributed by atoms with Gasteiger partial charge >= 0.3 is 5.97 Å². The molecule has 2 N–H and O–H groups in total. The van der Waals surface area contributed by atoms with E-state index in [4.69, 9.17) is 16.7 Å². The number of halogens is 1. The lowest BCUT2D eigenvalue weighted by Crippen LogP contribution is -1.97. The van der Waals surface area contributed by atoms with Gasteiger partial charge < -0.3 is 10.1 Å². The molecule has 0 fully saturated rings. The molecule has 82 valence electrons. The highest BCUT2D eigenvalue weighted by Crippen LogP contribution is 2.17. The van der Waals surface area contributed by atoms with Gasteiger partial charge in [-0.2, -0.15) is 0 Å². The number of rotatable bonds is 3. The second-order valence-electron chi connectivity index (χ2n) is 3.32. The van der Waals surface area contributed by atoms with Gasteiger partial charge in [0.15, 0.2) is 0 Å². The Kier molecular flexibility index (Phi) is 2.92. The van der Waals surface area contributed by atoms with Crippen molar-refractivity contribution in [3.05, 3.63) is 52.6 Å². The fraction of sp³-hybridized carbons (Fsp3) is 0.0909. The minimum atomic E-state index is -1.02. The first-order valence-electron chi connectivity index (χ1n) is 4.67. The predicted octanol–water partition coefficient (Wildman–Crippen LogP) is 2.35. The molecule has 0 saturated heterocycles. The van der Waals surface area contributed by atoms with E-state index in [0.29, 0.717) is 17.3 Å². The van der Waals surface area contributed by atoms with Gasteiger partial charge in [-0.3, -0.25) is 0 Å². The molecular formula is C11H9ClN2O2. The molecule has 0 aliphatic rings. The van der Waals surface area contributed by atoms with Gasteiger partial charge in [-0.25, -0.2) is 9.78 Å². The number of hydrogen-bond acceptors (Lipinski definition) is 2. The van der Waals surface area contributed by atoms with Gasteiger partial charge in [0.1, 0.15) is 11.5 Å². The van der Waals surface area contributed by atoms with Gasteiger partial charge in [0.25, 0.3) is 0 Å². The van der Waals surface area contributed by atoms with Gasteiger partial charge in [-0.05, 0) is 11.6 Å². The first-order chi connectivity index (χ1) is 7.66. The largest absolute Gasteiger partial charge is 0.477 e. The van der Waals surface area contributed by atoms with Crippen LogP contribution in [0.5, 0.6) is 0 Å². The van der Waals surface area contributed by atoms with Gasteiger partial charge in [-0.1, -0.05) is 29.8 Å². The van der Waals surface area contributed by atoms with E-state index in [0.717, 1.165) is 5.56 Å². The van der Waals surface area contributed by atoms with E-state index in [-0.39, 0.29) is 5.69 Å². The average molecular weight is 237 g/mol. The highest BCUT2D eigenvalue weighted by Gasteiger charge is 2.08. The Bertz CT molecular complexity index is 522. The number of aromatic nitrogens is 2. The molecule has 1 heterocycles. The Morgan fingerprint density at radius 2 is 2.19 bits per heavy atom. The number of carbonyl (C=O) groups is 1. The monoisotopic (exact) mass is 236 g/mol. The smallest absolute Gasteiger partial charge is 0.353 e. The Balaban J connectivity index is 2.21. The number of aromatic amines is 1. The Labute approximate surface area is 96.9 Å². The number of H-pyrrole nitrogens is 1. The molecule has 0 atom stereocenters. The number of imidazole rings is 1. The van der Waals surface area contributed by atoms with Gasteiger partial charge in [0.2, 0.25) is 0 Å². The molecule has 0 amide bonds. The fourth-order valence-corrected chi connectivity index (χ4v) is 1.59. The Morgan fingerprint density at radius 3 is 2.81 bits per heavy atom. The summed E-state index contributed by atoms with van der Waals surface area (Å²) in [6.07, 6.45) is 1.79. The van der Waals surface area contributed by atoms with Crippen LogP contribution in [0.25, 0.3) is 0 Å². The van der Waals surface area contributed by atoms with E-state index in [9.17, 15) is 4.79 Å². The molecule has 16 heavy (non-hydrogen) atoms. The van der Waals surface area contributed by atoms with E-state index in [2.05, 4.69) is 9.97 Å². The molecular weight excluding hydrogens is 228 g/mol. The molecule has 0 bridgehead atoms. The maximum atomic E-state index is 10.6. The molecule has 5 heteroatoms. The molecule has 0 unspecified atom stereocenters. The van der Waals surface area contributed by atoms with Crippen LogP contribution in [0.2, 0.25) is 5.02 Å². The van der Waals surface area contributed by atoms with Crippen molar-refractivity contribution in [1.82, 2.24) is 9.97 Å². The Morgan fingerprint density at radius 1 is 1.44 bits per heavy atom. The van der Waals surface area contributed by atoms with Crippen LogP contribution in [0.1, 0.15) is 21.9 Å². The third-order valence-electron chi connectivity index (χ3n) is 2.17. The number of hydrogen-bond donors (Lipinski definition) is 2. The summed E-state index contributed by atoms with van der Waals surface area (Å²) in [7, 11) is 0. The highest BCUT2D eigenvalue weighted by atomic mass is 35.5. The van der Waals surface area contributed by atoms with Crippen molar-refractivity contribution in [3.8, 4) is 0 Å². The van der Waals surface area contributed by atoms with Crippen molar-refractivity contribution in [2.45, 2.75) is 6.42 Å². The van der Waals surface area contributed by atoms with Gasteiger partial charge in [0, 0.05) is 11.4 Å². The maximum absolute atomic E-state index is 10.6. The van der Waals surface area contributed by atoms with Crippen LogP contribution < -0.4 is 0 Å². The second-order valence-corrected chi connectivity index (χ2v) is 3.72. The number of aromatic carboxylic acids is 1. The third-order valence-corrected chi connectivity index (χ3v) is 2.54. The summed E-state index contributed by atoms with van der Waals surface area (Å²) in [5.41, 5.74) is 0.998. The molecule has 0 saturated carbocycles. The van der Waals surface area contributed by atoms with Crippen LogP contribution in [0.4, 0.5) is 0 Å². The van der Waals surface area contributed by atoms with Crippen molar-refractivity contribution in [2.24, 2.45) is 0 Å². The van der Waals surface area contributed by atoms with E-state index >= 15 is 0 Å². The standard InChI is InChI=1S/C11H9ClN2O2/c12-8-4-2-1-3-7(8)5-10-13-6-9(14-10)11(15)16/h1-4,6H,5H2,(H,13,14)(H,15,16). The number of benzene rings is 1. The Hall–Kier alpha value is -1.81. The van der Waals surface area contributed by atoms with Crippen molar-refractivity contribution in [1.29, 1.82) is 0 Å². The van der Waals surface area contributed by atoms with E-state index in [1.165, 1.54) is 6.20 Å². The summed E-state index contributed by atoms with van der Waals surface area (Å²) in [5.74, 6) is -0.427. The van der Waals surface area contributed by atoms with Crippen LogP contribution >= 0.6 is 11.6 Å². The third kappa shape index (κ3) is 2.23. The number of nitrogens with zero attached hydrogens (tertiary/aromatic N) is 1. The zero-order chi connectivity index (χ0) is 11.5. The summed E-state index contributed by atoms with van der Waals surface area (Å²) in [6, 6.07) is 7.39. The normalized spacial score (nSPS) is 10.3. The lowest BCUT2D eigenvalue weighted by molar-refractivity contribution is 0.0691. The highest BCUT2D eigenvalue weighted by molar-refractivity contribution is 6.31. The number of carboxylic acid groups (broad SMARTS) is 1. The van der Waals surface area contributed by atoms with Gasteiger partial charge in [0.05, 0.1) is 6.20 Å². The van der Waals surface area contributed by atoms with Crippen molar-refractivity contribution < 1.29 is 9.90 Å². The molecule has 0 radical (unpaired) electrons. The summed E-state index contributed by atoms with van der Waals surface area (Å²) in [4.78, 5) is 17.3. The molecule has 2 aromatic rings. The molecule has 0 spiro atoms. The summed E-state index contributed by atoms with van der Waals surface area (Å²) in [6.45, 7) is 0. The molecule has 1 aromatic heterocycles. The van der Waals surface area contributed by atoms with Crippen molar-refractivity contribution in [2.75, 3.05) is 0 Å². The van der Waals surface area contributed by atoms with Gasteiger partial charge in [-0.15, -0.1) is 0 Å². The first kappa shape index (κ1) is 10.7. The zero-order valence-electron chi connectivity index (χ0n) is 8.27. The lowest BCUT2D eigenvalue weighted by Gasteiger charge is -2.00. The minimum Gasteiger partial charge on any atom is -0.477 e. The SMILES string of the molecule is O=C(O)c1cnc(Cc2ccccc2Cl)[nH]1. The first-order valence-corrected chi connectivity index (χ1v) is 5.05. The fourth-order valence-electron chi connectivity index (χ4n) is 1.38. The summed E-state index contributed by atoms with van der Waals surface area (Å²) < 4.78 is 0. The molecule has 4 nitrogen and oxygen atoms in total. The molecule has 0 aliphatic heterocycles. The molecule has 0 aliphatic carbocycles. The van der Waals surface area contributed by atoms with E-state index in [1.54, 1.807) is 6.07 Å². The second kappa shape index (κ2) is 4.37. The summed E-state index contributed by atoms with van der Waals surface area (Å²) in [5, 5.41) is 9.37. The number of nitrogens with one attached hydrogen (secondary N) is 1. The molecule has 2 rings (SSSR count). The van der Waals surface area contributed by atoms with E-state index < -0.39 is 5.97 Å². The predicted molar refractivity (Wildman–Crippen MR) is 59.8 cm³/mol. The zero-order valence-corrected chi connectivity index (χ0v) is 9.03. The van der Waals surface area contributed by atoms with E-state index in [1.807, 2.05) is 18.2 Å². The maximum Gasteiger partial charge on any atom is 0.353 e. The topological polar surface area (TPSA) is 66.0 Å². The van der Waals surface area contributed by atoms with Crippen LogP contribution in [-0.4, -0.2) is 21.0 Å². The van der Waals surface area contributed by atoms with Crippen LogP contribution in [0.15, 0.2) is 30.5 Å². The van der Waals surface area contributed by atoms with Crippen LogP contribution in [-0.2, 0) is 6.42 Å². The quantitative estimate of drug-likeness (QED) is 0.860. The minimum absolute atomic E-state index is 0.0852. The van der Waals surface area contributed by atoms with Crippen molar-refractivity contribution >= 4 is 17.6 Å². The average Bonchev–Trinajstić information content (AvgIpc) is 2.70. The molecule has 1 aromatic carbocycles. The van der Waals surface area contributed by atoms with Crippen LogP contribution in [0.3, 0.4) is 0 Å². The number of carboxylic acids is 1.